The van der Waals surface area contributed by atoms with Crippen molar-refractivity contribution in [3.8, 4) is 0 Å². The molecule has 2 aliphatic heterocycles. The lowest BCUT2D eigenvalue weighted by molar-refractivity contribution is 0.608. The molecule has 0 fully saturated rings. The van der Waals surface area contributed by atoms with E-state index in [1.54, 1.807) is 41.5 Å². The summed E-state index contributed by atoms with van der Waals surface area (Å²) in [4.78, 5) is 8.17. The number of rotatable bonds is 3. The van der Waals surface area contributed by atoms with Gasteiger partial charge in [0.25, 0.3) is 0 Å². The molecule has 0 aliphatic carbocycles. The van der Waals surface area contributed by atoms with Gasteiger partial charge in [-0.2, -0.15) is 0 Å². The summed E-state index contributed by atoms with van der Waals surface area (Å²) < 4.78 is 7.12. The van der Waals surface area contributed by atoms with Gasteiger partial charge >= 0.3 is 0 Å². The fourth-order valence-corrected chi connectivity index (χ4v) is 5.24. The average Bonchev–Trinajstić information content (AvgIpc) is 3.20. The highest BCUT2D eigenvalue weighted by molar-refractivity contribution is 8.30. The van der Waals surface area contributed by atoms with Crippen molar-refractivity contribution in [2.75, 3.05) is 25.6 Å². The van der Waals surface area contributed by atoms with Crippen LogP contribution >= 0.6 is 35.3 Å². The Balaban J connectivity index is 1.93. The summed E-state index contributed by atoms with van der Waals surface area (Å²) in [5.74, 6) is 0. The first-order chi connectivity index (χ1) is 10.3. The molecular weight excluding hydrogens is 320 g/mol. The van der Waals surface area contributed by atoms with Crippen LogP contribution in [0.5, 0.6) is 0 Å². The summed E-state index contributed by atoms with van der Waals surface area (Å²) in [6, 6.07) is 6.44. The Morgan fingerprint density at radius 2 is 2.14 bits per heavy atom. The van der Waals surface area contributed by atoms with Crippen LogP contribution < -0.4 is 0 Å². The van der Waals surface area contributed by atoms with Gasteiger partial charge in [-0.1, -0.05) is 0 Å². The van der Waals surface area contributed by atoms with Gasteiger partial charge in [-0.25, -0.2) is 0 Å². The van der Waals surface area contributed by atoms with Gasteiger partial charge in [-0.15, -0.1) is 23.5 Å². The molecule has 0 bridgehead atoms. The molecule has 1 aromatic heterocycles. The normalized spacial score (nSPS) is 17.8. The zero-order valence-corrected chi connectivity index (χ0v) is 14.2. The highest BCUT2D eigenvalue weighted by atomic mass is 32.2. The van der Waals surface area contributed by atoms with Crippen LogP contribution in [0.25, 0.3) is 16.7 Å². The minimum Gasteiger partial charge on any atom is -0.464 e. The van der Waals surface area contributed by atoms with E-state index in [-0.39, 0.29) is 0 Å². The van der Waals surface area contributed by atoms with Crippen molar-refractivity contribution < 1.29 is 4.42 Å². The highest BCUT2D eigenvalue weighted by Gasteiger charge is 2.34. The number of furan rings is 1. The average molecular weight is 334 g/mol. The topological polar surface area (TPSA) is 28.7 Å². The van der Waals surface area contributed by atoms with Crippen molar-refractivity contribution in [1.29, 1.82) is 0 Å². The van der Waals surface area contributed by atoms with Crippen LogP contribution in [0.1, 0.15) is 5.56 Å². The standard InChI is InChI=1S/C15H14N2OS3/c1-19-11-4-3-10(13-9(11)5-8-18-13)12-14(20-2)21-15-16-6-7-17(12)15/h3-5,8H,6-7H2,1-2H3. The molecule has 0 amide bonds. The number of aliphatic imine (C=N–C) groups is 1. The number of hydrogen-bond acceptors (Lipinski definition) is 6. The number of nitrogens with zero attached hydrogens (tertiary/aromatic N) is 2. The van der Waals surface area contributed by atoms with Gasteiger partial charge in [0.2, 0.25) is 0 Å². The van der Waals surface area contributed by atoms with Gasteiger partial charge < -0.3 is 9.32 Å². The number of thioether (sulfide) groups is 3. The van der Waals surface area contributed by atoms with Crippen LogP contribution in [0.2, 0.25) is 0 Å². The summed E-state index contributed by atoms with van der Waals surface area (Å²) in [7, 11) is 0. The fraction of sp³-hybridized carbons (Fsp3) is 0.267. The van der Waals surface area contributed by atoms with E-state index in [0.717, 1.165) is 23.8 Å². The van der Waals surface area contributed by atoms with Crippen LogP contribution in [0, 0.1) is 0 Å². The number of hydrogen-bond donors (Lipinski definition) is 0. The Kier molecular flexibility index (Phi) is 3.47. The largest absolute Gasteiger partial charge is 0.464 e. The Morgan fingerprint density at radius 1 is 1.24 bits per heavy atom. The Hall–Kier alpha value is -0.980. The molecule has 3 heterocycles. The first-order valence-electron chi connectivity index (χ1n) is 6.66. The van der Waals surface area contributed by atoms with Crippen LogP contribution in [0.4, 0.5) is 0 Å². The molecule has 2 aromatic rings. The van der Waals surface area contributed by atoms with Gasteiger partial charge in [0.1, 0.15) is 5.58 Å². The quantitative estimate of drug-likeness (QED) is 0.767. The van der Waals surface area contributed by atoms with E-state index in [0.29, 0.717) is 0 Å². The first kappa shape index (κ1) is 13.7. The third-order valence-corrected chi connectivity index (χ3v) is 6.71. The van der Waals surface area contributed by atoms with Gasteiger partial charge in [0.05, 0.1) is 22.7 Å². The monoisotopic (exact) mass is 334 g/mol. The summed E-state index contributed by atoms with van der Waals surface area (Å²) in [6.45, 7) is 1.85. The molecule has 3 nitrogen and oxygen atoms in total. The van der Waals surface area contributed by atoms with E-state index in [1.807, 2.05) is 0 Å². The SMILES string of the molecule is CSC1=C(c2ccc(SC)c3ccoc23)N2CCN=C2S1. The lowest BCUT2D eigenvalue weighted by Gasteiger charge is -2.17. The molecular formula is C15H14N2OS3. The predicted octanol–water partition coefficient (Wildman–Crippen LogP) is 4.56. The molecule has 2 aliphatic rings. The molecule has 1 aromatic carbocycles. The smallest absolute Gasteiger partial charge is 0.169 e. The highest BCUT2D eigenvalue weighted by Crippen LogP contribution is 2.48. The second-order valence-electron chi connectivity index (χ2n) is 4.74. The van der Waals surface area contributed by atoms with Crippen molar-refractivity contribution in [1.82, 2.24) is 4.90 Å². The van der Waals surface area contributed by atoms with Crippen LogP contribution in [-0.4, -0.2) is 35.7 Å². The molecule has 0 unspecified atom stereocenters. The maximum Gasteiger partial charge on any atom is 0.169 e. The Bertz CT molecular complexity index is 778. The predicted molar refractivity (Wildman–Crippen MR) is 95.0 cm³/mol. The summed E-state index contributed by atoms with van der Waals surface area (Å²) in [6.07, 6.45) is 6.01. The lowest BCUT2D eigenvalue weighted by Crippen LogP contribution is -2.20. The zero-order chi connectivity index (χ0) is 14.4. The number of amidine groups is 1. The molecule has 0 spiro atoms. The van der Waals surface area contributed by atoms with Gasteiger partial charge in [0, 0.05) is 22.4 Å². The molecule has 0 N–H and O–H groups in total. The van der Waals surface area contributed by atoms with E-state index in [1.165, 1.54) is 25.8 Å². The van der Waals surface area contributed by atoms with Gasteiger partial charge in [0.15, 0.2) is 5.17 Å². The molecule has 4 rings (SSSR count). The molecule has 0 saturated heterocycles. The maximum atomic E-state index is 5.81. The van der Waals surface area contributed by atoms with E-state index >= 15 is 0 Å². The van der Waals surface area contributed by atoms with E-state index in [4.69, 9.17) is 4.42 Å². The minimum absolute atomic E-state index is 0.887. The van der Waals surface area contributed by atoms with Crippen molar-refractivity contribution in [2.45, 2.75) is 4.90 Å². The molecule has 0 radical (unpaired) electrons. The number of benzene rings is 1. The number of fused-ring (bicyclic) bond motifs is 2. The van der Waals surface area contributed by atoms with Crippen LogP contribution in [0.15, 0.2) is 43.0 Å². The van der Waals surface area contributed by atoms with E-state index in [2.05, 4.69) is 40.6 Å². The van der Waals surface area contributed by atoms with Crippen molar-refractivity contribution in [2.24, 2.45) is 4.99 Å². The molecule has 108 valence electrons. The fourth-order valence-electron chi connectivity index (χ4n) is 2.76. The van der Waals surface area contributed by atoms with Crippen LogP contribution in [0.3, 0.4) is 0 Å². The van der Waals surface area contributed by atoms with E-state index < -0.39 is 0 Å². The zero-order valence-electron chi connectivity index (χ0n) is 11.8. The third-order valence-electron chi connectivity index (χ3n) is 3.69. The molecule has 0 saturated carbocycles. The third kappa shape index (κ3) is 2.04. The van der Waals surface area contributed by atoms with Crippen molar-refractivity contribution in [3.63, 3.8) is 0 Å². The van der Waals surface area contributed by atoms with Crippen molar-refractivity contribution >= 4 is 57.1 Å². The second kappa shape index (κ2) is 5.34. The first-order valence-corrected chi connectivity index (χ1v) is 9.92. The molecule has 6 heteroatoms. The van der Waals surface area contributed by atoms with Crippen LogP contribution in [-0.2, 0) is 0 Å². The van der Waals surface area contributed by atoms with Crippen molar-refractivity contribution in [3.05, 3.63) is 34.3 Å². The Labute approximate surface area is 136 Å². The summed E-state index contributed by atoms with van der Waals surface area (Å²) in [5, 5.41) is 2.32. The van der Waals surface area contributed by atoms with Gasteiger partial charge in [-0.3, -0.25) is 4.99 Å². The summed E-state index contributed by atoms with van der Waals surface area (Å²) in [5.41, 5.74) is 3.42. The molecule has 21 heavy (non-hydrogen) atoms. The minimum atomic E-state index is 0.887. The lowest BCUT2D eigenvalue weighted by atomic mass is 10.1. The van der Waals surface area contributed by atoms with E-state index in [9.17, 15) is 0 Å². The maximum absolute atomic E-state index is 5.81. The summed E-state index contributed by atoms with van der Waals surface area (Å²) >= 11 is 5.32. The van der Waals surface area contributed by atoms with Gasteiger partial charge in [-0.05, 0) is 42.5 Å². The molecule has 0 atom stereocenters. The second-order valence-corrected chi connectivity index (χ2v) is 7.64. The Morgan fingerprint density at radius 3 is 2.95 bits per heavy atom.